The molecule has 0 radical (unpaired) electrons. The summed E-state index contributed by atoms with van der Waals surface area (Å²) in [4.78, 5) is 30.2. The van der Waals surface area contributed by atoms with Crippen LogP contribution in [0.15, 0.2) is 59.5 Å². The van der Waals surface area contributed by atoms with Crippen LogP contribution in [0.25, 0.3) is 21.9 Å². The van der Waals surface area contributed by atoms with Crippen molar-refractivity contribution in [3.8, 4) is 0 Å². The number of rotatable bonds is 5. The molecule has 2 heterocycles. The molecule has 0 aliphatic carbocycles. The average Bonchev–Trinajstić information content (AvgIpc) is 3.17. The minimum Gasteiger partial charge on any atom is -0.361 e. The molecule has 4 aromatic rings. The molecule has 0 aliphatic rings. The number of hydrogen-bond donors (Lipinski definition) is 3. The van der Waals surface area contributed by atoms with Gasteiger partial charge in [0.25, 0.3) is 0 Å². The molecule has 4 rings (SSSR count). The van der Waals surface area contributed by atoms with Crippen molar-refractivity contribution in [3.05, 3.63) is 70.8 Å². The fourth-order valence-corrected chi connectivity index (χ4v) is 3.14. The monoisotopic (exact) mass is 334 g/mol. The van der Waals surface area contributed by atoms with Crippen LogP contribution in [0.4, 0.5) is 0 Å². The van der Waals surface area contributed by atoms with E-state index in [1.54, 1.807) is 0 Å². The number of amides is 1. The van der Waals surface area contributed by atoms with Crippen LogP contribution in [0, 0.1) is 0 Å². The zero-order valence-corrected chi connectivity index (χ0v) is 13.6. The van der Waals surface area contributed by atoms with Crippen molar-refractivity contribution in [2.45, 2.75) is 13.0 Å². The van der Waals surface area contributed by atoms with Crippen LogP contribution in [0.1, 0.15) is 5.56 Å². The molecule has 0 bridgehead atoms. The van der Waals surface area contributed by atoms with E-state index >= 15 is 0 Å². The van der Waals surface area contributed by atoms with Crippen molar-refractivity contribution in [1.29, 1.82) is 0 Å². The van der Waals surface area contributed by atoms with Gasteiger partial charge in [0.1, 0.15) is 6.54 Å². The van der Waals surface area contributed by atoms with Gasteiger partial charge in [-0.1, -0.05) is 30.3 Å². The van der Waals surface area contributed by atoms with Crippen molar-refractivity contribution < 1.29 is 4.79 Å². The second kappa shape index (κ2) is 6.32. The fourth-order valence-electron chi connectivity index (χ4n) is 3.14. The topological polar surface area (TPSA) is 82.7 Å². The lowest BCUT2D eigenvalue weighted by Gasteiger charge is -2.06. The summed E-state index contributed by atoms with van der Waals surface area (Å²) < 4.78 is 1.45. The van der Waals surface area contributed by atoms with Crippen molar-refractivity contribution in [2.75, 3.05) is 6.54 Å². The Balaban J connectivity index is 1.41. The highest BCUT2D eigenvalue weighted by molar-refractivity contribution is 5.83. The molecule has 1 amide bonds. The van der Waals surface area contributed by atoms with E-state index in [-0.39, 0.29) is 18.1 Å². The van der Waals surface area contributed by atoms with Crippen molar-refractivity contribution in [3.63, 3.8) is 0 Å². The molecule has 2 aromatic heterocycles. The predicted molar refractivity (Wildman–Crippen MR) is 97.6 cm³/mol. The Morgan fingerprint density at radius 1 is 1.04 bits per heavy atom. The second-order valence-corrected chi connectivity index (χ2v) is 5.99. The SMILES string of the molecule is O=C(Cn1c(=O)[nH]c2ccccc21)NCCc1c[nH]c2ccccc12. The molecule has 126 valence electrons. The number of nitrogens with zero attached hydrogens (tertiary/aromatic N) is 1. The second-order valence-electron chi connectivity index (χ2n) is 5.99. The lowest BCUT2D eigenvalue weighted by atomic mass is 10.1. The molecule has 3 N–H and O–H groups in total. The molecular formula is C19H18N4O2. The molecule has 6 heteroatoms. The molecule has 2 aromatic carbocycles. The first-order valence-electron chi connectivity index (χ1n) is 8.21. The number of hydrogen-bond acceptors (Lipinski definition) is 2. The zero-order chi connectivity index (χ0) is 17.2. The van der Waals surface area contributed by atoms with Crippen LogP contribution in [-0.2, 0) is 17.8 Å². The number of imidazole rings is 1. The molecule has 25 heavy (non-hydrogen) atoms. The van der Waals surface area contributed by atoms with Gasteiger partial charge in [-0.3, -0.25) is 9.36 Å². The maximum Gasteiger partial charge on any atom is 0.326 e. The highest BCUT2D eigenvalue weighted by Crippen LogP contribution is 2.17. The molecule has 0 saturated carbocycles. The Bertz CT molecular complexity index is 1100. The summed E-state index contributed by atoms with van der Waals surface area (Å²) in [6.07, 6.45) is 2.71. The fraction of sp³-hybridized carbons (Fsp3) is 0.158. The number of H-pyrrole nitrogens is 2. The Kier molecular flexibility index (Phi) is 3.85. The van der Waals surface area contributed by atoms with E-state index in [0.717, 1.165) is 23.0 Å². The largest absolute Gasteiger partial charge is 0.361 e. The molecule has 0 spiro atoms. The Hall–Kier alpha value is -3.28. The highest BCUT2D eigenvalue weighted by Gasteiger charge is 2.10. The third kappa shape index (κ3) is 2.94. The molecule has 0 unspecified atom stereocenters. The normalized spacial score (nSPS) is 11.2. The maximum atomic E-state index is 12.2. The average molecular weight is 334 g/mol. The number of benzene rings is 2. The molecular weight excluding hydrogens is 316 g/mol. The molecule has 0 aliphatic heterocycles. The number of carbonyl (C=O) groups excluding carboxylic acids is 1. The van der Waals surface area contributed by atoms with E-state index in [1.165, 1.54) is 15.5 Å². The minimum absolute atomic E-state index is 0.0106. The zero-order valence-electron chi connectivity index (χ0n) is 13.6. The van der Waals surface area contributed by atoms with E-state index < -0.39 is 0 Å². The van der Waals surface area contributed by atoms with Crippen molar-refractivity contribution in [1.82, 2.24) is 19.9 Å². The van der Waals surface area contributed by atoms with Gasteiger partial charge in [0.2, 0.25) is 5.91 Å². The summed E-state index contributed by atoms with van der Waals surface area (Å²) in [5.41, 5.74) is 3.46. The number of fused-ring (bicyclic) bond motifs is 2. The van der Waals surface area contributed by atoms with E-state index in [2.05, 4.69) is 21.4 Å². The van der Waals surface area contributed by atoms with Gasteiger partial charge < -0.3 is 15.3 Å². The first-order valence-corrected chi connectivity index (χ1v) is 8.21. The van der Waals surface area contributed by atoms with Crippen molar-refractivity contribution in [2.24, 2.45) is 0 Å². The van der Waals surface area contributed by atoms with E-state index in [0.29, 0.717) is 6.54 Å². The van der Waals surface area contributed by atoms with Gasteiger partial charge >= 0.3 is 5.69 Å². The summed E-state index contributed by atoms with van der Waals surface area (Å²) in [5, 5.41) is 4.06. The molecule has 0 fully saturated rings. The lowest BCUT2D eigenvalue weighted by molar-refractivity contribution is -0.121. The third-order valence-corrected chi connectivity index (χ3v) is 4.37. The number of nitrogens with one attached hydrogen (secondary N) is 3. The Morgan fingerprint density at radius 3 is 2.68 bits per heavy atom. The number of aromatic nitrogens is 3. The van der Waals surface area contributed by atoms with Crippen LogP contribution in [0.5, 0.6) is 0 Å². The third-order valence-electron chi connectivity index (χ3n) is 4.37. The van der Waals surface area contributed by atoms with Gasteiger partial charge in [0.05, 0.1) is 11.0 Å². The van der Waals surface area contributed by atoms with E-state index in [9.17, 15) is 9.59 Å². The van der Waals surface area contributed by atoms with Crippen LogP contribution >= 0.6 is 0 Å². The van der Waals surface area contributed by atoms with Crippen LogP contribution in [0.3, 0.4) is 0 Å². The standard InChI is InChI=1S/C19H18N4O2/c24-18(12-23-17-8-4-3-7-16(17)22-19(23)25)20-10-9-13-11-21-15-6-2-1-5-14(13)15/h1-8,11,21H,9-10,12H2,(H,20,24)(H,22,25). The summed E-state index contributed by atoms with van der Waals surface area (Å²) in [6.45, 7) is 0.536. The molecule has 0 saturated heterocycles. The van der Waals surface area contributed by atoms with E-state index in [1.807, 2.05) is 48.7 Å². The highest BCUT2D eigenvalue weighted by atomic mass is 16.2. The molecule has 0 atom stereocenters. The Labute approximate surface area is 143 Å². The number of aromatic amines is 2. The first kappa shape index (κ1) is 15.3. The van der Waals surface area contributed by atoms with Crippen LogP contribution < -0.4 is 11.0 Å². The quantitative estimate of drug-likeness (QED) is 0.523. The summed E-state index contributed by atoms with van der Waals surface area (Å²) in [7, 11) is 0. The summed E-state index contributed by atoms with van der Waals surface area (Å²) >= 11 is 0. The smallest absolute Gasteiger partial charge is 0.326 e. The van der Waals surface area contributed by atoms with Gasteiger partial charge in [-0.25, -0.2) is 4.79 Å². The van der Waals surface area contributed by atoms with Gasteiger partial charge in [0, 0.05) is 23.6 Å². The van der Waals surface area contributed by atoms with Crippen LogP contribution in [-0.4, -0.2) is 27.0 Å². The Morgan fingerprint density at radius 2 is 1.80 bits per heavy atom. The maximum absolute atomic E-state index is 12.2. The van der Waals surface area contributed by atoms with Gasteiger partial charge in [-0.05, 0) is 30.2 Å². The minimum atomic E-state index is -0.270. The summed E-state index contributed by atoms with van der Waals surface area (Å²) in [5.74, 6) is -0.174. The number of para-hydroxylation sites is 3. The molecule has 6 nitrogen and oxygen atoms in total. The number of carbonyl (C=O) groups is 1. The van der Waals surface area contributed by atoms with Gasteiger partial charge in [-0.2, -0.15) is 0 Å². The predicted octanol–water partition coefficient (Wildman–Crippen LogP) is 2.17. The van der Waals surface area contributed by atoms with Gasteiger partial charge in [-0.15, -0.1) is 0 Å². The van der Waals surface area contributed by atoms with Crippen LogP contribution in [0.2, 0.25) is 0 Å². The van der Waals surface area contributed by atoms with E-state index in [4.69, 9.17) is 0 Å². The first-order chi connectivity index (χ1) is 12.2. The van der Waals surface area contributed by atoms with Crippen molar-refractivity contribution >= 4 is 27.8 Å². The van der Waals surface area contributed by atoms with Gasteiger partial charge in [0.15, 0.2) is 0 Å². The summed E-state index contributed by atoms with van der Waals surface area (Å²) in [6, 6.07) is 15.4. The lowest BCUT2D eigenvalue weighted by Crippen LogP contribution is -2.32.